The van der Waals surface area contributed by atoms with E-state index < -0.39 is 0 Å². The zero-order valence-electron chi connectivity index (χ0n) is 18.8. The van der Waals surface area contributed by atoms with E-state index in [0.29, 0.717) is 28.9 Å². The van der Waals surface area contributed by atoms with Gasteiger partial charge in [0.1, 0.15) is 10.1 Å². The third-order valence-corrected chi connectivity index (χ3v) is 8.05. The number of likely N-dealkylation sites (tertiary alicyclic amines) is 1. The normalized spacial score (nSPS) is 22.8. The minimum Gasteiger partial charge on any atom is -0.497 e. The van der Waals surface area contributed by atoms with Gasteiger partial charge in [-0.15, -0.1) is 0 Å². The number of amides is 2. The monoisotopic (exact) mass is 495 g/mol. The summed E-state index contributed by atoms with van der Waals surface area (Å²) in [6, 6.07) is 12.8. The summed E-state index contributed by atoms with van der Waals surface area (Å²) in [6.45, 7) is 2.17. The molecule has 0 N–H and O–H groups in total. The van der Waals surface area contributed by atoms with Crippen LogP contribution in [0, 0.1) is 5.92 Å². The lowest BCUT2D eigenvalue weighted by atomic mass is 9.83. The molecule has 3 aliphatic heterocycles. The number of carbonyl (C=O) groups excluding carboxylic acids is 2. The van der Waals surface area contributed by atoms with Gasteiger partial charge in [-0.3, -0.25) is 19.3 Å². The van der Waals surface area contributed by atoms with Crippen molar-refractivity contribution in [2.24, 2.45) is 5.92 Å². The fourth-order valence-electron chi connectivity index (χ4n) is 5.01. The van der Waals surface area contributed by atoms with Crippen LogP contribution in [0.25, 0.3) is 6.08 Å². The van der Waals surface area contributed by atoms with Crippen molar-refractivity contribution >= 4 is 46.2 Å². The second kappa shape index (κ2) is 9.38. The number of methoxy groups -OCH3 is 1. The van der Waals surface area contributed by atoms with Gasteiger partial charge in [-0.05, 0) is 42.2 Å². The smallest absolute Gasteiger partial charge is 0.266 e. The van der Waals surface area contributed by atoms with E-state index in [1.54, 1.807) is 19.2 Å². The van der Waals surface area contributed by atoms with Gasteiger partial charge in [-0.2, -0.15) is 0 Å². The highest BCUT2D eigenvalue weighted by Crippen LogP contribution is 2.36. The Balaban J connectivity index is 1.22. The molecule has 2 aromatic rings. The molecule has 1 aromatic carbocycles. The topological polar surface area (TPSA) is 71.8 Å². The number of carbonyl (C=O) groups is 2. The molecule has 2 saturated heterocycles. The quantitative estimate of drug-likeness (QED) is 0.469. The lowest BCUT2D eigenvalue weighted by Gasteiger charge is -2.42. The highest BCUT2D eigenvalue weighted by Gasteiger charge is 2.37. The molecule has 0 saturated carbocycles. The van der Waals surface area contributed by atoms with E-state index in [-0.39, 0.29) is 42.2 Å². The van der Waals surface area contributed by atoms with E-state index in [1.807, 2.05) is 45.9 Å². The molecule has 2 bridgehead atoms. The van der Waals surface area contributed by atoms with Crippen LogP contribution in [0.5, 0.6) is 5.75 Å². The highest BCUT2D eigenvalue weighted by atomic mass is 32.2. The average molecular weight is 496 g/mol. The number of fused-ring (bicyclic) bond motifs is 4. The summed E-state index contributed by atoms with van der Waals surface area (Å²) >= 11 is 6.69. The minimum atomic E-state index is -0.164. The van der Waals surface area contributed by atoms with Crippen molar-refractivity contribution in [1.82, 2.24) is 14.4 Å². The second-order valence-corrected chi connectivity index (χ2v) is 10.5. The number of ether oxygens (including phenoxy) is 1. The van der Waals surface area contributed by atoms with Crippen molar-refractivity contribution in [2.75, 3.05) is 26.7 Å². The largest absolute Gasteiger partial charge is 0.497 e. The molecular weight excluding hydrogens is 470 g/mol. The van der Waals surface area contributed by atoms with Gasteiger partial charge in [-0.25, -0.2) is 0 Å². The summed E-state index contributed by atoms with van der Waals surface area (Å²) in [5, 5.41) is 0. The third kappa shape index (κ3) is 4.42. The lowest BCUT2D eigenvalue weighted by molar-refractivity contribution is -0.134. The van der Waals surface area contributed by atoms with Crippen LogP contribution in [0.1, 0.15) is 30.0 Å². The van der Waals surface area contributed by atoms with Gasteiger partial charge in [0, 0.05) is 50.3 Å². The van der Waals surface area contributed by atoms with Crippen molar-refractivity contribution in [3.8, 4) is 5.75 Å². The van der Waals surface area contributed by atoms with Gasteiger partial charge < -0.3 is 14.2 Å². The summed E-state index contributed by atoms with van der Waals surface area (Å²) in [4.78, 5) is 42.2. The van der Waals surface area contributed by atoms with Crippen LogP contribution in [0.4, 0.5) is 0 Å². The summed E-state index contributed by atoms with van der Waals surface area (Å²) in [5.41, 5.74) is 1.93. The number of thioether (sulfide) groups is 1. The third-order valence-electron chi connectivity index (χ3n) is 6.67. The Bertz CT molecular complexity index is 1240. The van der Waals surface area contributed by atoms with Crippen LogP contribution >= 0.6 is 24.0 Å². The summed E-state index contributed by atoms with van der Waals surface area (Å²) in [6.07, 6.45) is 3.03. The molecule has 2 fully saturated rings. The summed E-state index contributed by atoms with van der Waals surface area (Å²) in [5.74, 6) is 1.06. The molecule has 4 heterocycles. The average Bonchev–Trinajstić information content (AvgIpc) is 3.10. The van der Waals surface area contributed by atoms with Gasteiger partial charge in [0.15, 0.2) is 0 Å². The van der Waals surface area contributed by atoms with Crippen molar-refractivity contribution in [3.63, 3.8) is 0 Å². The Kier molecular flexibility index (Phi) is 6.31. The fraction of sp³-hybridized carbons (Fsp3) is 0.360. The Hall–Kier alpha value is -2.91. The molecule has 2 amide bonds. The first-order valence-electron chi connectivity index (χ1n) is 11.3. The number of hydrogen-bond acceptors (Lipinski definition) is 6. The van der Waals surface area contributed by atoms with Gasteiger partial charge in [0.05, 0.1) is 12.0 Å². The van der Waals surface area contributed by atoms with E-state index >= 15 is 0 Å². The van der Waals surface area contributed by atoms with Crippen molar-refractivity contribution < 1.29 is 14.3 Å². The molecule has 0 aliphatic carbocycles. The molecule has 7 nitrogen and oxygen atoms in total. The Labute approximate surface area is 207 Å². The standard InChI is InChI=1S/C25H25N3O4S2/c1-32-19-7-5-16(6-8-19)12-21-24(31)27(25(33)34-21)10-9-22(29)26-13-17-11-18(15-26)20-3-2-4-23(30)28(20)14-17/h2-8,12,17-18H,9-11,13-15H2,1H3/b21-12+/t17-,18+/m1/s1. The van der Waals surface area contributed by atoms with Crippen LogP contribution in [-0.2, 0) is 16.1 Å². The maximum atomic E-state index is 13.1. The number of piperidine rings is 1. The molecule has 5 rings (SSSR count). The number of thiocarbonyl (C=S) groups is 1. The minimum absolute atomic E-state index is 0.0228. The Morgan fingerprint density at radius 3 is 2.71 bits per heavy atom. The Morgan fingerprint density at radius 1 is 1.15 bits per heavy atom. The van der Waals surface area contributed by atoms with Crippen molar-refractivity contribution in [1.29, 1.82) is 0 Å². The van der Waals surface area contributed by atoms with E-state index in [4.69, 9.17) is 17.0 Å². The summed E-state index contributed by atoms with van der Waals surface area (Å²) < 4.78 is 7.50. The Morgan fingerprint density at radius 2 is 1.94 bits per heavy atom. The maximum absolute atomic E-state index is 13.1. The van der Waals surface area contributed by atoms with E-state index in [9.17, 15) is 14.4 Å². The number of pyridine rings is 1. The van der Waals surface area contributed by atoms with Crippen molar-refractivity contribution in [2.45, 2.75) is 25.3 Å². The molecule has 0 unspecified atom stereocenters. The van der Waals surface area contributed by atoms with Crippen molar-refractivity contribution in [3.05, 3.63) is 69.0 Å². The van der Waals surface area contributed by atoms with Gasteiger partial charge >= 0.3 is 0 Å². The molecule has 176 valence electrons. The number of benzene rings is 1. The van der Waals surface area contributed by atoms with Crippen LogP contribution in [0.2, 0.25) is 0 Å². The van der Waals surface area contributed by atoms with Crippen LogP contribution in [0.3, 0.4) is 0 Å². The predicted octanol–water partition coefficient (Wildman–Crippen LogP) is 3.09. The van der Waals surface area contributed by atoms with E-state index in [2.05, 4.69) is 0 Å². The van der Waals surface area contributed by atoms with E-state index in [1.165, 1.54) is 16.7 Å². The number of nitrogens with zero attached hydrogens (tertiary/aromatic N) is 3. The number of hydrogen-bond donors (Lipinski definition) is 0. The fourth-order valence-corrected chi connectivity index (χ4v) is 6.32. The molecule has 1 aromatic heterocycles. The second-order valence-electron chi connectivity index (χ2n) is 8.85. The summed E-state index contributed by atoms with van der Waals surface area (Å²) in [7, 11) is 1.61. The molecular formula is C25H25N3O4S2. The van der Waals surface area contributed by atoms with E-state index in [0.717, 1.165) is 23.4 Å². The first-order chi connectivity index (χ1) is 16.4. The molecule has 34 heavy (non-hydrogen) atoms. The molecule has 0 spiro atoms. The van der Waals surface area contributed by atoms with Crippen LogP contribution in [-0.4, -0.2) is 57.2 Å². The maximum Gasteiger partial charge on any atom is 0.266 e. The number of aromatic nitrogens is 1. The van der Waals surface area contributed by atoms with Gasteiger partial charge in [0.25, 0.3) is 11.5 Å². The molecule has 3 aliphatic rings. The van der Waals surface area contributed by atoms with Crippen LogP contribution < -0.4 is 10.3 Å². The first kappa shape index (κ1) is 22.9. The predicted molar refractivity (Wildman–Crippen MR) is 136 cm³/mol. The SMILES string of the molecule is COc1ccc(/C=C2/SC(=S)N(CCC(=O)N3C[C@H]4C[C@@H](C3)c3cccc(=O)n3C4)C2=O)cc1. The zero-order chi connectivity index (χ0) is 23.8. The number of rotatable bonds is 5. The molecule has 0 radical (unpaired) electrons. The van der Waals surface area contributed by atoms with Crippen LogP contribution in [0.15, 0.2) is 52.2 Å². The highest BCUT2D eigenvalue weighted by molar-refractivity contribution is 8.26. The molecule has 9 heteroatoms. The molecule has 2 atom stereocenters. The van der Waals surface area contributed by atoms with Gasteiger partial charge in [-0.1, -0.05) is 42.2 Å². The lowest BCUT2D eigenvalue weighted by Crippen LogP contribution is -2.49. The zero-order valence-corrected chi connectivity index (χ0v) is 20.4. The van der Waals surface area contributed by atoms with Gasteiger partial charge in [0.2, 0.25) is 5.91 Å². The first-order valence-corrected chi connectivity index (χ1v) is 12.5.